The Morgan fingerprint density at radius 1 is 0.656 bits per heavy atom. The van der Waals surface area contributed by atoms with Gasteiger partial charge in [-0.05, 0) is 28.6 Å². The minimum absolute atomic E-state index is 0. The van der Waals surface area contributed by atoms with E-state index in [-0.39, 0.29) is 88.9 Å². The number of hydrogen-bond donors (Lipinski definition) is 0. The molecule has 0 heterocycles. The van der Waals surface area contributed by atoms with E-state index in [1.54, 1.807) is 0 Å². The van der Waals surface area contributed by atoms with Gasteiger partial charge in [-0.15, -0.1) is 17.4 Å². The number of halogens is 2. The van der Waals surface area contributed by atoms with Crippen molar-refractivity contribution in [3.63, 3.8) is 0 Å². The molecule has 8 atom stereocenters. The van der Waals surface area contributed by atoms with E-state index >= 15 is 0 Å². The van der Waals surface area contributed by atoms with Crippen molar-refractivity contribution in [1.29, 1.82) is 0 Å². The maximum Gasteiger partial charge on any atom is 3.00 e. The zero-order valence-corrected chi connectivity index (χ0v) is 24.7. The molecule has 8 unspecified atom stereocenters. The van der Waals surface area contributed by atoms with Crippen LogP contribution in [0.4, 0.5) is 0 Å². The summed E-state index contributed by atoms with van der Waals surface area (Å²) in [6.07, 6.45) is 29.3. The molecule has 0 saturated heterocycles. The fraction of sp³-hybridized carbons (Fsp3) is 0.552. The standard InChI is InChI=1S/C29H37.2ClH.Zr/c1-21-14-13-15-22-20-27(6)25(4)18-10-9-16-23(25,2)24(3)17-11-12-19-26(24,5)29(27,8)28(21,22)7;;;/h9-20,22H,1-8H3;2*1H;/q-1;;;+3/p-2. The Hall–Kier alpha value is -0.0969. The quantitative estimate of drug-likeness (QED) is 0.405. The average molecular weight is 548 g/mol. The van der Waals surface area contributed by atoms with E-state index in [1.807, 2.05) is 0 Å². The molecule has 2 fully saturated rings. The SMILES string of the molecule is CC1=CC=CC2[CH-]C3(C)C4(C)C=CC=CC4(C)C4(C)C=CC=CC4(C)C3(C)C12C.[Cl-].[Cl-].[Zr+3]. The van der Waals surface area contributed by atoms with Gasteiger partial charge in [0.2, 0.25) is 0 Å². The predicted octanol–water partition coefficient (Wildman–Crippen LogP) is 1.65. The summed E-state index contributed by atoms with van der Waals surface area (Å²) < 4.78 is 0. The predicted molar refractivity (Wildman–Crippen MR) is 124 cm³/mol. The van der Waals surface area contributed by atoms with Gasteiger partial charge < -0.3 is 31.2 Å². The maximum atomic E-state index is 2.75. The van der Waals surface area contributed by atoms with Crippen molar-refractivity contribution in [2.45, 2.75) is 55.4 Å². The van der Waals surface area contributed by atoms with E-state index in [4.69, 9.17) is 0 Å². The van der Waals surface area contributed by atoms with E-state index < -0.39 is 0 Å². The molecule has 0 bridgehead atoms. The van der Waals surface area contributed by atoms with Crippen LogP contribution >= 0.6 is 0 Å². The molecule has 0 N–H and O–H groups in total. The molecule has 5 aliphatic carbocycles. The van der Waals surface area contributed by atoms with Crippen LogP contribution in [0.3, 0.4) is 0 Å². The molecule has 171 valence electrons. The van der Waals surface area contributed by atoms with Crippen molar-refractivity contribution >= 4 is 0 Å². The van der Waals surface area contributed by atoms with Crippen molar-refractivity contribution in [2.75, 3.05) is 0 Å². The zero-order valence-electron chi connectivity index (χ0n) is 20.8. The molecule has 32 heavy (non-hydrogen) atoms. The Bertz CT molecular complexity index is 987. The normalized spacial score (nSPS) is 53.5. The van der Waals surface area contributed by atoms with Gasteiger partial charge in [0.1, 0.15) is 0 Å². The van der Waals surface area contributed by atoms with Gasteiger partial charge in [0.15, 0.2) is 0 Å². The second-order valence-corrected chi connectivity index (χ2v) is 11.7. The zero-order chi connectivity index (χ0) is 21.1. The first-order valence-electron chi connectivity index (χ1n) is 11.4. The Kier molecular flexibility index (Phi) is 6.77. The van der Waals surface area contributed by atoms with Crippen LogP contribution in [0, 0.1) is 50.2 Å². The van der Waals surface area contributed by atoms with E-state index in [2.05, 4.69) is 129 Å². The van der Waals surface area contributed by atoms with Crippen molar-refractivity contribution in [3.05, 3.63) is 78.8 Å². The number of fused-ring (bicyclic) bond motifs is 8. The van der Waals surface area contributed by atoms with Crippen LogP contribution in [-0.2, 0) is 26.2 Å². The van der Waals surface area contributed by atoms with Crippen LogP contribution in [0.15, 0.2) is 72.4 Å². The fourth-order valence-electron chi connectivity index (χ4n) is 9.24. The van der Waals surface area contributed by atoms with Crippen molar-refractivity contribution in [1.82, 2.24) is 0 Å². The molecule has 0 aromatic carbocycles. The van der Waals surface area contributed by atoms with Crippen LogP contribution in [0.25, 0.3) is 0 Å². The van der Waals surface area contributed by atoms with Gasteiger partial charge >= 0.3 is 26.2 Å². The summed E-state index contributed by atoms with van der Waals surface area (Å²) >= 11 is 0. The molecular formula is C29H37Cl2Zr. The van der Waals surface area contributed by atoms with Crippen molar-refractivity contribution < 1.29 is 51.0 Å². The molecule has 0 nitrogen and oxygen atoms in total. The molecule has 0 aromatic heterocycles. The third kappa shape index (κ3) is 2.31. The summed E-state index contributed by atoms with van der Waals surface area (Å²) in [6, 6.07) is 0. The Labute approximate surface area is 227 Å². The van der Waals surface area contributed by atoms with E-state index in [9.17, 15) is 0 Å². The number of allylic oxidation sites excluding steroid dienone is 12. The van der Waals surface area contributed by atoms with Gasteiger partial charge in [-0.2, -0.15) is 0 Å². The summed E-state index contributed by atoms with van der Waals surface area (Å²) in [5, 5.41) is 0. The van der Waals surface area contributed by atoms with Crippen molar-refractivity contribution in [3.8, 4) is 0 Å². The summed E-state index contributed by atoms with van der Waals surface area (Å²) in [4.78, 5) is 0. The molecular weight excluding hydrogens is 510 g/mol. The van der Waals surface area contributed by atoms with Gasteiger partial charge in [-0.1, -0.05) is 115 Å². The molecule has 5 rings (SSSR count). The molecule has 0 spiro atoms. The van der Waals surface area contributed by atoms with Crippen LogP contribution in [-0.4, -0.2) is 0 Å². The summed E-state index contributed by atoms with van der Waals surface area (Å²) in [7, 11) is 0. The molecule has 2 saturated carbocycles. The minimum atomic E-state index is 0. The molecule has 0 amide bonds. The van der Waals surface area contributed by atoms with E-state index in [0.717, 1.165) is 0 Å². The first-order valence-corrected chi connectivity index (χ1v) is 11.4. The smallest absolute Gasteiger partial charge is 1.00 e. The molecule has 1 radical (unpaired) electrons. The topological polar surface area (TPSA) is 0 Å². The second kappa shape index (κ2) is 7.70. The van der Waals surface area contributed by atoms with E-state index in [0.29, 0.717) is 5.92 Å². The molecule has 0 aromatic rings. The van der Waals surface area contributed by atoms with Crippen LogP contribution < -0.4 is 24.8 Å². The first-order chi connectivity index (χ1) is 13.4. The Morgan fingerprint density at radius 2 is 1.09 bits per heavy atom. The molecule has 0 aliphatic heterocycles. The van der Waals surface area contributed by atoms with E-state index in [1.165, 1.54) is 5.57 Å². The third-order valence-corrected chi connectivity index (χ3v) is 12.0. The fourth-order valence-corrected chi connectivity index (χ4v) is 9.24. The van der Waals surface area contributed by atoms with Crippen LogP contribution in [0.5, 0.6) is 0 Å². The maximum absolute atomic E-state index is 2.75. The van der Waals surface area contributed by atoms with Crippen molar-refractivity contribution in [2.24, 2.45) is 43.8 Å². The summed E-state index contributed by atoms with van der Waals surface area (Å²) in [6.45, 7) is 20.3. The van der Waals surface area contributed by atoms with Gasteiger partial charge in [-0.3, -0.25) is 0 Å². The second-order valence-electron chi connectivity index (χ2n) is 11.7. The van der Waals surface area contributed by atoms with Gasteiger partial charge in [0, 0.05) is 10.8 Å². The van der Waals surface area contributed by atoms with Gasteiger partial charge in [0.05, 0.1) is 0 Å². The van der Waals surface area contributed by atoms with Gasteiger partial charge in [-0.25, -0.2) is 0 Å². The number of rotatable bonds is 0. The average Bonchev–Trinajstić information content (AvgIpc) is 2.87. The summed E-state index contributed by atoms with van der Waals surface area (Å²) in [5.41, 5.74) is 1.73. The number of hydrogen-bond acceptors (Lipinski definition) is 0. The monoisotopic (exact) mass is 545 g/mol. The molecule has 5 aliphatic rings. The van der Waals surface area contributed by atoms with Crippen LogP contribution in [0.1, 0.15) is 55.4 Å². The molecule has 3 heteroatoms. The Morgan fingerprint density at radius 3 is 1.62 bits per heavy atom. The van der Waals surface area contributed by atoms with Gasteiger partial charge in [0.25, 0.3) is 0 Å². The largest absolute Gasteiger partial charge is 3.00 e. The first kappa shape index (κ1) is 28.1. The summed E-state index contributed by atoms with van der Waals surface area (Å²) in [5.74, 6) is 0.460. The Balaban J connectivity index is 0.00000121. The minimum Gasteiger partial charge on any atom is -1.00 e. The van der Waals surface area contributed by atoms with Crippen LogP contribution in [0.2, 0.25) is 0 Å². The third-order valence-electron chi connectivity index (χ3n) is 12.0.